The summed E-state index contributed by atoms with van der Waals surface area (Å²) in [5, 5.41) is 3.48. The van der Waals surface area contributed by atoms with Crippen LogP contribution in [0.2, 0.25) is 0 Å². The normalized spacial score (nSPS) is 12.4. The molecule has 3 heteroatoms. The number of nitrogens with zero attached hydrogens (tertiary/aromatic N) is 1. The van der Waals surface area contributed by atoms with Gasteiger partial charge in [0.15, 0.2) is 0 Å². The number of halogens is 1. The van der Waals surface area contributed by atoms with Gasteiger partial charge in [0.1, 0.15) is 5.82 Å². The van der Waals surface area contributed by atoms with Crippen molar-refractivity contribution in [3.8, 4) is 0 Å². The smallest absolute Gasteiger partial charge is 0.141 e. The molecule has 0 aliphatic rings. The molecule has 2 nitrogen and oxygen atoms in total. The van der Waals surface area contributed by atoms with E-state index in [1.165, 1.54) is 23.4 Å². The van der Waals surface area contributed by atoms with E-state index in [9.17, 15) is 4.39 Å². The molecule has 0 spiro atoms. The molecule has 0 bridgehead atoms. The maximum atomic E-state index is 12.9. The number of aryl methyl sites for hydroxylation is 1. The quantitative estimate of drug-likeness (QED) is 0.883. The third-order valence-electron chi connectivity index (χ3n) is 3.32. The summed E-state index contributed by atoms with van der Waals surface area (Å²) in [6.45, 7) is 5.00. The summed E-state index contributed by atoms with van der Waals surface area (Å²) >= 11 is 0. The second-order valence-corrected chi connectivity index (χ2v) is 4.67. The predicted molar refractivity (Wildman–Crippen MR) is 75.2 cm³/mol. The van der Waals surface area contributed by atoms with Gasteiger partial charge in [-0.25, -0.2) is 4.39 Å². The molecule has 0 radical (unpaired) electrons. The van der Waals surface area contributed by atoms with Crippen LogP contribution in [0.4, 0.5) is 4.39 Å². The lowest BCUT2D eigenvalue weighted by Gasteiger charge is -2.17. The highest BCUT2D eigenvalue weighted by atomic mass is 19.1. The molecule has 0 aliphatic carbocycles. The molecule has 0 amide bonds. The fraction of sp³-hybridized carbons (Fsp3) is 0.312. The Kier molecular flexibility index (Phi) is 4.63. The van der Waals surface area contributed by atoms with Crippen LogP contribution < -0.4 is 5.32 Å². The average molecular weight is 258 g/mol. The second-order valence-electron chi connectivity index (χ2n) is 4.67. The minimum Gasteiger partial charge on any atom is -0.305 e. The van der Waals surface area contributed by atoms with Crippen molar-refractivity contribution in [1.82, 2.24) is 10.3 Å². The van der Waals surface area contributed by atoms with Crippen LogP contribution in [0.3, 0.4) is 0 Å². The monoisotopic (exact) mass is 258 g/mol. The van der Waals surface area contributed by atoms with Crippen molar-refractivity contribution in [3.63, 3.8) is 0 Å². The summed E-state index contributed by atoms with van der Waals surface area (Å²) in [7, 11) is 0. The molecule has 100 valence electrons. The zero-order chi connectivity index (χ0) is 13.7. The fourth-order valence-electron chi connectivity index (χ4n) is 2.09. The van der Waals surface area contributed by atoms with Gasteiger partial charge in [0, 0.05) is 12.6 Å². The van der Waals surface area contributed by atoms with E-state index in [1.807, 2.05) is 12.1 Å². The SMILES string of the molecule is CCC(NCc1ccccc1C)c1ccc(F)cn1. The van der Waals surface area contributed by atoms with E-state index in [1.54, 1.807) is 6.07 Å². The van der Waals surface area contributed by atoms with Crippen molar-refractivity contribution >= 4 is 0 Å². The largest absolute Gasteiger partial charge is 0.305 e. The molecule has 0 fully saturated rings. The van der Waals surface area contributed by atoms with E-state index < -0.39 is 0 Å². The molecular formula is C16H19FN2. The molecule has 19 heavy (non-hydrogen) atoms. The van der Waals surface area contributed by atoms with Crippen LogP contribution in [-0.2, 0) is 6.54 Å². The number of pyridine rings is 1. The molecule has 1 atom stereocenters. The Morgan fingerprint density at radius 2 is 2.00 bits per heavy atom. The molecule has 0 saturated heterocycles. The van der Waals surface area contributed by atoms with Crippen molar-refractivity contribution in [1.29, 1.82) is 0 Å². The zero-order valence-corrected chi connectivity index (χ0v) is 11.4. The Hall–Kier alpha value is -1.74. The average Bonchev–Trinajstić information content (AvgIpc) is 2.43. The van der Waals surface area contributed by atoms with Gasteiger partial charge in [0.25, 0.3) is 0 Å². The van der Waals surface area contributed by atoms with Gasteiger partial charge in [0.2, 0.25) is 0 Å². The molecular weight excluding hydrogens is 239 g/mol. The number of nitrogens with one attached hydrogen (secondary N) is 1. The van der Waals surface area contributed by atoms with Crippen LogP contribution in [-0.4, -0.2) is 4.98 Å². The molecule has 1 unspecified atom stereocenters. The summed E-state index contributed by atoms with van der Waals surface area (Å²) in [6, 6.07) is 11.7. The standard InChI is InChI=1S/C16H19FN2/c1-3-15(16-9-8-14(17)11-19-16)18-10-13-7-5-4-6-12(13)2/h4-9,11,15,18H,3,10H2,1-2H3. The van der Waals surface area contributed by atoms with Gasteiger partial charge in [-0.05, 0) is 36.6 Å². The van der Waals surface area contributed by atoms with E-state index >= 15 is 0 Å². The molecule has 1 aromatic carbocycles. The minimum atomic E-state index is -0.294. The van der Waals surface area contributed by atoms with Gasteiger partial charge >= 0.3 is 0 Å². The van der Waals surface area contributed by atoms with Crippen molar-refractivity contribution in [2.75, 3.05) is 0 Å². The van der Waals surface area contributed by atoms with Crippen molar-refractivity contribution in [3.05, 3.63) is 65.2 Å². The van der Waals surface area contributed by atoms with Crippen LogP contribution in [0.1, 0.15) is 36.2 Å². The highest BCUT2D eigenvalue weighted by molar-refractivity contribution is 5.25. The van der Waals surface area contributed by atoms with E-state index in [0.717, 1.165) is 18.7 Å². The second kappa shape index (κ2) is 6.43. The van der Waals surface area contributed by atoms with Gasteiger partial charge in [-0.15, -0.1) is 0 Å². The lowest BCUT2D eigenvalue weighted by atomic mass is 10.1. The van der Waals surface area contributed by atoms with Gasteiger partial charge in [-0.1, -0.05) is 31.2 Å². The van der Waals surface area contributed by atoms with Crippen LogP contribution >= 0.6 is 0 Å². The molecule has 1 aromatic heterocycles. The van der Waals surface area contributed by atoms with Crippen molar-refractivity contribution in [2.24, 2.45) is 0 Å². The number of benzene rings is 1. The molecule has 0 aliphatic heterocycles. The lowest BCUT2D eigenvalue weighted by Crippen LogP contribution is -2.21. The molecule has 2 rings (SSSR count). The Morgan fingerprint density at radius 3 is 2.63 bits per heavy atom. The van der Waals surface area contributed by atoms with Crippen molar-refractivity contribution < 1.29 is 4.39 Å². The molecule has 1 N–H and O–H groups in total. The maximum Gasteiger partial charge on any atom is 0.141 e. The van der Waals surface area contributed by atoms with E-state index in [2.05, 4.69) is 36.3 Å². The summed E-state index contributed by atoms with van der Waals surface area (Å²) in [6.07, 6.45) is 2.19. The topological polar surface area (TPSA) is 24.9 Å². The highest BCUT2D eigenvalue weighted by Crippen LogP contribution is 2.16. The summed E-state index contributed by atoms with van der Waals surface area (Å²) in [5.41, 5.74) is 3.44. The van der Waals surface area contributed by atoms with Gasteiger partial charge < -0.3 is 5.32 Å². The van der Waals surface area contributed by atoms with Gasteiger partial charge in [0.05, 0.1) is 11.9 Å². The lowest BCUT2D eigenvalue weighted by molar-refractivity contribution is 0.503. The minimum absolute atomic E-state index is 0.153. The Labute approximate surface area is 113 Å². The number of hydrogen-bond donors (Lipinski definition) is 1. The third-order valence-corrected chi connectivity index (χ3v) is 3.32. The van der Waals surface area contributed by atoms with Crippen molar-refractivity contribution in [2.45, 2.75) is 32.9 Å². The van der Waals surface area contributed by atoms with Crippen LogP contribution in [0.25, 0.3) is 0 Å². The maximum absolute atomic E-state index is 12.9. The molecule has 0 saturated carbocycles. The predicted octanol–water partition coefficient (Wildman–Crippen LogP) is 3.77. The summed E-state index contributed by atoms with van der Waals surface area (Å²) < 4.78 is 12.9. The number of rotatable bonds is 5. The van der Waals surface area contributed by atoms with Crippen LogP contribution in [0.15, 0.2) is 42.6 Å². The molecule has 1 heterocycles. The highest BCUT2D eigenvalue weighted by Gasteiger charge is 2.10. The van der Waals surface area contributed by atoms with E-state index in [-0.39, 0.29) is 11.9 Å². The Bertz CT molecular complexity index is 523. The summed E-state index contributed by atoms with van der Waals surface area (Å²) in [4.78, 5) is 4.15. The van der Waals surface area contributed by atoms with Gasteiger partial charge in [-0.2, -0.15) is 0 Å². The number of hydrogen-bond acceptors (Lipinski definition) is 2. The Morgan fingerprint density at radius 1 is 1.21 bits per heavy atom. The first kappa shape index (κ1) is 13.7. The van der Waals surface area contributed by atoms with Gasteiger partial charge in [-0.3, -0.25) is 4.98 Å². The fourth-order valence-corrected chi connectivity index (χ4v) is 2.09. The molecule has 2 aromatic rings. The number of aromatic nitrogens is 1. The van der Waals surface area contributed by atoms with Crippen LogP contribution in [0.5, 0.6) is 0 Å². The third kappa shape index (κ3) is 3.61. The first-order valence-electron chi connectivity index (χ1n) is 6.60. The van der Waals surface area contributed by atoms with E-state index in [0.29, 0.717) is 0 Å². The Balaban J connectivity index is 2.04. The first-order chi connectivity index (χ1) is 9.20. The first-order valence-corrected chi connectivity index (χ1v) is 6.60. The van der Waals surface area contributed by atoms with E-state index in [4.69, 9.17) is 0 Å². The van der Waals surface area contributed by atoms with Crippen LogP contribution in [0, 0.1) is 12.7 Å². The zero-order valence-electron chi connectivity index (χ0n) is 11.4. The summed E-state index contributed by atoms with van der Waals surface area (Å²) in [5.74, 6) is -0.294.